The van der Waals surface area contributed by atoms with Gasteiger partial charge in [-0.3, -0.25) is 0 Å². The smallest absolute Gasteiger partial charge is 0.168 e. The summed E-state index contributed by atoms with van der Waals surface area (Å²) < 4.78 is 0. The van der Waals surface area contributed by atoms with Crippen molar-refractivity contribution in [2.75, 3.05) is 20.1 Å². The van der Waals surface area contributed by atoms with Crippen LogP contribution in [0.5, 0.6) is 0 Å². The van der Waals surface area contributed by atoms with Gasteiger partial charge in [0.25, 0.3) is 0 Å². The van der Waals surface area contributed by atoms with Gasteiger partial charge in [-0.25, -0.2) is 0 Å². The lowest BCUT2D eigenvalue weighted by atomic mass is 10.2. The number of hydrogen-bond acceptors (Lipinski definition) is 1. The van der Waals surface area contributed by atoms with Crippen LogP contribution in [0.25, 0.3) is 0 Å². The van der Waals surface area contributed by atoms with Crippen molar-refractivity contribution in [1.82, 2.24) is 10.2 Å². The van der Waals surface area contributed by atoms with E-state index in [0.717, 1.165) is 18.2 Å². The molecule has 0 aliphatic heterocycles. The fourth-order valence-corrected chi connectivity index (χ4v) is 1.95. The van der Waals surface area contributed by atoms with Crippen molar-refractivity contribution in [3.05, 3.63) is 0 Å². The minimum absolute atomic E-state index is 0.915. The second-order valence-electron chi connectivity index (χ2n) is 4.77. The quantitative estimate of drug-likeness (QED) is 0.472. The molecule has 0 aliphatic carbocycles. The van der Waals surface area contributed by atoms with Gasteiger partial charge < -0.3 is 10.2 Å². The molecular weight excluding hydrogens is 228 g/mol. The maximum atomic E-state index is 5.35. The van der Waals surface area contributed by atoms with Gasteiger partial charge in [-0.1, -0.05) is 52.4 Å². The molecule has 0 aromatic carbocycles. The zero-order valence-corrected chi connectivity index (χ0v) is 12.7. The molecule has 0 aromatic heterocycles. The van der Waals surface area contributed by atoms with Gasteiger partial charge >= 0.3 is 0 Å². The highest BCUT2D eigenvalue weighted by Crippen LogP contribution is 2.01. The highest BCUT2D eigenvalue weighted by molar-refractivity contribution is 7.80. The fourth-order valence-electron chi connectivity index (χ4n) is 1.76. The van der Waals surface area contributed by atoms with Crippen molar-refractivity contribution < 1.29 is 0 Å². The second-order valence-corrected chi connectivity index (χ2v) is 5.16. The van der Waals surface area contributed by atoms with Gasteiger partial charge in [-0.05, 0) is 25.1 Å². The van der Waals surface area contributed by atoms with Crippen LogP contribution >= 0.6 is 12.2 Å². The lowest BCUT2D eigenvalue weighted by Crippen LogP contribution is -2.37. The Bertz CT molecular complexity index is 183. The first-order valence-corrected chi connectivity index (χ1v) is 7.62. The highest BCUT2D eigenvalue weighted by Gasteiger charge is 2.02. The largest absolute Gasteiger partial charge is 0.363 e. The van der Waals surface area contributed by atoms with Crippen LogP contribution in [0.2, 0.25) is 0 Å². The minimum atomic E-state index is 0.915. The molecule has 0 saturated carbocycles. The number of nitrogens with one attached hydrogen (secondary N) is 1. The predicted molar refractivity (Wildman–Crippen MR) is 81.5 cm³/mol. The summed E-state index contributed by atoms with van der Waals surface area (Å²) in [7, 11) is 2.09. The molecule has 0 amide bonds. The Balaban J connectivity index is 3.40. The first-order valence-electron chi connectivity index (χ1n) is 7.21. The van der Waals surface area contributed by atoms with Gasteiger partial charge in [0, 0.05) is 20.1 Å². The molecule has 0 radical (unpaired) electrons. The van der Waals surface area contributed by atoms with E-state index < -0.39 is 0 Å². The average molecular weight is 258 g/mol. The third-order valence-electron chi connectivity index (χ3n) is 3.00. The van der Waals surface area contributed by atoms with Crippen LogP contribution in [0.3, 0.4) is 0 Å². The van der Waals surface area contributed by atoms with Crippen molar-refractivity contribution in [3.63, 3.8) is 0 Å². The number of rotatable bonds is 10. The van der Waals surface area contributed by atoms with Crippen molar-refractivity contribution in [1.29, 1.82) is 0 Å². The number of hydrogen-bond donors (Lipinski definition) is 1. The van der Waals surface area contributed by atoms with Crippen LogP contribution < -0.4 is 5.32 Å². The average Bonchev–Trinajstić information content (AvgIpc) is 2.34. The molecule has 0 aliphatic rings. The van der Waals surface area contributed by atoms with E-state index in [1.807, 2.05) is 0 Å². The topological polar surface area (TPSA) is 15.3 Å². The summed E-state index contributed by atoms with van der Waals surface area (Å²) in [5.74, 6) is 0. The van der Waals surface area contributed by atoms with Crippen LogP contribution in [-0.4, -0.2) is 30.1 Å². The summed E-state index contributed by atoms with van der Waals surface area (Å²) in [6.45, 7) is 6.59. The molecule has 0 rings (SSSR count). The molecule has 0 saturated heterocycles. The molecule has 0 atom stereocenters. The van der Waals surface area contributed by atoms with Gasteiger partial charge in [-0.2, -0.15) is 0 Å². The Morgan fingerprint density at radius 3 is 2.12 bits per heavy atom. The van der Waals surface area contributed by atoms with Crippen LogP contribution in [0.1, 0.15) is 65.2 Å². The van der Waals surface area contributed by atoms with E-state index in [1.54, 1.807) is 0 Å². The van der Waals surface area contributed by atoms with Crippen LogP contribution in [-0.2, 0) is 0 Å². The Kier molecular flexibility index (Phi) is 11.9. The van der Waals surface area contributed by atoms with E-state index in [2.05, 4.69) is 31.1 Å². The Hall–Kier alpha value is -0.310. The Morgan fingerprint density at radius 2 is 1.53 bits per heavy atom. The van der Waals surface area contributed by atoms with E-state index in [4.69, 9.17) is 12.2 Å². The zero-order chi connectivity index (χ0) is 12.9. The summed E-state index contributed by atoms with van der Waals surface area (Å²) in [4.78, 5) is 2.17. The van der Waals surface area contributed by atoms with Crippen molar-refractivity contribution in [2.45, 2.75) is 65.2 Å². The standard InChI is InChI=1S/C14H30N2S/c1-4-6-8-10-12-15-14(17)16(3)13-11-9-7-5-2/h4-13H2,1-3H3,(H,15,17). The van der Waals surface area contributed by atoms with Crippen molar-refractivity contribution >= 4 is 17.3 Å². The monoisotopic (exact) mass is 258 g/mol. The molecule has 0 bridgehead atoms. The van der Waals surface area contributed by atoms with E-state index in [-0.39, 0.29) is 0 Å². The summed E-state index contributed by atoms with van der Waals surface area (Å²) >= 11 is 5.35. The molecule has 0 aromatic rings. The van der Waals surface area contributed by atoms with Gasteiger partial charge in [0.05, 0.1) is 0 Å². The van der Waals surface area contributed by atoms with Crippen molar-refractivity contribution in [3.8, 4) is 0 Å². The van der Waals surface area contributed by atoms with Crippen LogP contribution in [0.15, 0.2) is 0 Å². The van der Waals surface area contributed by atoms with Gasteiger partial charge in [-0.15, -0.1) is 0 Å². The van der Waals surface area contributed by atoms with Gasteiger partial charge in [0.2, 0.25) is 0 Å². The zero-order valence-electron chi connectivity index (χ0n) is 11.9. The summed E-state index contributed by atoms with van der Waals surface area (Å²) in [5, 5.41) is 4.25. The van der Waals surface area contributed by atoms with E-state index in [1.165, 1.54) is 51.4 Å². The molecule has 0 spiro atoms. The molecular formula is C14H30N2S. The third-order valence-corrected chi connectivity index (χ3v) is 3.46. The van der Waals surface area contributed by atoms with Crippen LogP contribution in [0.4, 0.5) is 0 Å². The van der Waals surface area contributed by atoms with E-state index in [0.29, 0.717) is 0 Å². The molecule has 0 fully saturated rings. The fraction of sp³-hybridized carbons (Fsp3) is 0.929. The molecule has 1 N–H and O–H groups in total. The number of thiocarbonyl (C=S) groups is 1. The number of nitrogens with zero attached hydrogens (tertiary/aromatic N) is 1. The maximum Gasteiger partial charge on any atom is 0.168 e. The third kappa shape index (κ3) is 10.6. The lowest BCUT2D eigenvalue weighted by molar-refractivity contribution is 0.461. The van der Waals surface area contributed by atoms with E-state index in [9.17, 15) is 0 Å². The predicted octanol–water partition coefficient (Wildman–Crippen LogP) is 3.95. The SMILES string of the molecule is CCCCCCNC(=S)N(C)CCCCCC. The van der Waals surface area contributed by atoms with Crippen LogP contribution in [0, 0.1) is 0 Å². The molecule has 0 unspecified atom stereocenters. The summed E-state index contributed by atoms with van der Waals surface area (Å²) in [6.07, 6.45) is 10.4. The Labute approximate surface area is 113 Å². The summed E-state index contributed by atoms with van der Waals surface area (Å²) in [6, 6.07) is 0. The van der Waals surface area contributed by atoms with Crippen molar-refractivity contribution in [2.24, 2.45) is 0 Å². The van der Waals surface area contributed by atoms with E-state index >= 15 is 0 Å². The number of unbranched alkanes of at least 4 members (excludes halogenated alkanes) is 6. The second kappa shape index (κ2) is 12.2. The maximum absolute atomic E-state index is 5.35. The highest BCUT2D eigenvalue weighted by atomic mass is 32.1. The molecule has 0 heterocycles. The first-order chi connectivity index (χ1) is 8.22. The van der Waals surface area contributed by atoms with Gasteiger partial charge in [0.1, 0.15) is 0 Å². The Morgan fingerprint density at radius 1 is 0.941 bits per heavy atom. The molecule has 102 valence electrons. The molecule has 2 nitrogen and oxygen atoms in total. The minimum Gasteiger partial charge on any atom is -0.363 e. The first kappa shape index (κ1) is 16.7. The normalized spacial score (nSPS) is 10.3. The summed E-state index contributed by atoms with van der Waals surface area (Å²) in [5.41, 5.74) is 0. The lowest BCUT2D eigenvalue weighted by Gasteiger charge is -2.20. The van der Waals surface area contributed by atoms with Gasteiger partial charge in [0.15, 0.2) is 5.11 Å². The molecule has 3 heteroatoms. The molecule has 17 heavy (non-hydrogen) atoms.